The molecule has 1 aromatic heterocycles. The predicted molar refractivity (Wildman–Crippen MR) is 104 cm³/mol. The summed E-state index contributed by atoms with van der Waals surface area (Å²) in [6.07, 6.45) is 1.46. The molecule has 0 bridgehead atoms. The van der Waals surface area contributed by atoms with Crippen LogP contribution in [0.5, 0.6) is 0 Å². The van der Waals surface area contributed by atoms with E-state index in [2.05, 4.69) is 26.0 Å². The Morgan fingerprint density at radius 1 is 1.23 bits per heavy atom. The Hall–Kier alpha value is -2.93. The van der Waals surface area contributed by atoms with Gasteiger partial charge in [-0.3, -0.25) is 14.9 Å². The molecule has 3 rings (SSSR count). The zero-order chi connectivity index (χ0) is 18.8. The molecule has 0 spiro atoms. The molecule has 3 aromatic rings. The van der Waals surface area contributed by atoms with E-state index in [1.807, 2.05) is 25.1 Å². The third-order valence-electron chi connectivity index (χ3n) is 3.95. The van der Waals surface area contributed by atoms with Crippen LogP contribution in [0.2, 0.25) is 0 Å². The molecule has 0 unspecified atom stereocenters. The van der Waals surface area contributed by atoms with Crippen LogP contribution >= 0.6 is 15.9 Å². The highest BCUT2D eigenvalue weighted by Crippen LogP contribution is 2.19. The molecule has 0 atom stereocenters. The summed E-state index contributed by atoms with van der Waals surface area (Å²) in [6.45, 7) is 3.72. The number of halogens is 1. The third-order valence-corrected chi connectivity index (χ3v) is 4.45. The van der Waals surface area contributed by atoms with Crippen molar-refractivity contribution in [3.05, 3.63) is 79.7 Å². The largest absolute Gasteiger partial charge is 0.478 e. The van der Waals surface area contributed by atoms with Crippen molar-refractivity contribution in [2.45, 2.75) is 13.8 Å². The van der Waals surface area contributed by atoms with Crippen molar-refractivity contribution in [2.24, 2.45) is 4.99 Å². The van der Waals surface area contributed by atoms with Crippen LogP contribution in [0.25, 0.3) is 5.69 Å². The van der Waals surface area contributed by atoms with Crippen molar-refractivity contribution in [1.29, 1.82) is 0 Å². The Balaban J connectivity index is 2.00. The van der Waals surface area contributed by atoms with Crippen molar-refractivity contribution < 1.29 is 9.90 Å². The van der Waals surface area contributed by atoms with Gasteiger partial charge in [0.05, 0.1) is 22.5 Å². The average Bonchev–Trinajstić information content (AvgIpc) is 2.87. The first kappa shape index (κ1) is 17.9. The first-order valence-electron chi connectivity index (χ1n) is 7.82. The Morgan fingerprint density at radius 3 is 2.69 bits per heavy atom. The maximum Gasteiger partial charge on any atom is 0.335 e. The number of nitrogens with one attached hydrogen (secondary N) is 1. The molecule has 6 nitrogen and oxygen atoms in total. The molecule has 1 heterocycles. The molecular weight excluding hydrogens is 398 g/mol. The fraction of sp³-hybridized carbons (Fsp3) is 0.105. The lowest BCUT2D eigenvalue weighted by molar-refractivity contribution is 0.0697. The number of carboxylic acids is 1. The molecule has 0 aliphatic rings. The van der Waals surface area contributed by atoms with Crippen molar-refractivity contribution in [3.63, 3.8) is 0 Å². The number of aromatic nitrogens is 2. The van der Waals surface area contributed by atoms with Gasteiger partial charge in [-0.05, 0) is 55.8 Å². The maximum atomic E-state index is 12.8. The fourth-order valence-corrected chi connectivity index (χ4v) is 3.08. The second-order valence-corrected chi connectivity index (χ2v) is 6.75. The van der Waals surface area contributed by atoms with Gasteiger partial charge in [0.15, 0.2) is 0 Å². The molecule has 0 saturated heterocycles. The number of aryl methyl sites for hydroxylation is 2. The Kier molecular flexibility index (Phi) is 4.90. The minimum Gasteiger partial charge on any atom is -0.478 e. The van der Waals surface area contributed by atoms with Crippen molar-refractivity contribution in [3.8, 4) is 5.69 Å². The Morgan fingerprint density at radius 2 is 2.00 bits per heavy atom. The summed E-state index contributed by atoms with van der Waals surface area (Å²) in [5.41, 5.74) is 3.20. The molecule has 2 aromatic carbocycles. The van der Waals surface area contributed by atoms with Gasteiger partial charge in [0.1, 0.15) is 0 Å². The quantitative estimate of drug-likeness (QED) is 0.633. The molecule has 0 aliphatic heterocycles. The highest BCUT2D eigenvalue weighted by atomic mass is 79.9. The van der Waals surface area contributed by atoms with E-state index in [0.717, 1.165) is 15.7 Å². The zero-order valence-electron chi connectivity index (χ0n) is 14.2. The normalized spacial score (nSPS) is 11.2. The summed E-state index contributed by atoms with van der Waals surface area (Å²) in [5.74, 6) is -1.02. The van der Waals surface area contributed by atoms with E-state index in [4.69, 9.17) is 5.11 Å². The summed E-state index contributed by atoms with van der Waals surface area (Å²) < 4.78 is 2.42. The average molecular weight is 414 g/mol. The highest BCUT2D eigenvalue weighted by Gasteiger charge is 2.12. The summed E-state index contributed by atoms with van der Waals surface area (Å²) in [6, 6.07) is 11.9. The summed E-state index contributed by atoms with van der Waals surface area (Å²) >= 11 is 3.41. The number of rotatable bonds is 4. The van der Waals surface area contributed by atoms with Crippen LogP contribution in [0.3, 0.4) is 0 Å². The smallest absolute Gasteiger partial charge is 0.335 e. The van der Waals surface area contributed by atoms with E-state index >= 15 is 0 Å². The number of carbonyl (C=O) groups is 1. The Bertz CT molecular complexity index is 1080. The number of aliphatic imine (C=N–C) groups is 1. The molecule has 0 amide bonds. The van der Waals surface area contributed by atoms with Gasteiger partial charge in [-0.2, -0.15) is 0 Å². The van der Waals surface area contributed by atoms with Gasteiger partial charge in [0.2, 0.25) is 0 Å². The van der Waals surface area contributed by atoms with Gasteiger partial charge in [0.25, 0.3) is 5.56 Å². The second-order valence-electron chi connectivity index (χ2n) is 5.84. The van der Waals surface area contributed by atoms with Crippen LogP contribution < -0.4 is 5.56 Å². The van der Waals surface area contributed by atoms with E-state index in [0.29, 0.717) is 16.9 Å². The summed E-state index contributed by atoms with van der Waals surface area (Å²) in [5, 5.41) is 12.1. The lowest BCUT2D eigenvalue weighted by atomic mass is 10.2. The van der Waals surface area contributed by atoms with Crippen molar-refractivity contribution >= 4 is 33.8 Å². The number of aromatic carboxylic acids is 1. The lowest BCUT2D eigenvalue weighted by Crippen LogP contribution is -2.18. The molecule has 0 fully saturated rings. The van der Waals surface area contributed by atoms with Crippen LogP contribution in [-0.4, -0.2) is 27.1 Å². The number of nitrogens with zero attached hydrogens (tertiary/aromatic N) is 2. The van der Waals surface area contributed by atoms with Crippen LogP contribution in [0.1, 0.15) is 27.2 Å². The first-order chi connectivity index (χ1) is 12.4. The van der Waals surface area contributed by atoms with Gasteiger partial charge >= 0.3 is 5.97 Å². The summed E-state index contributed by atoms with van der Waals surface area (Å²) in [4.78, 5) is 28.1. The minimum atomic E-state index is -1.02. The topological polar surface area (TPSA) is 87.4 Å². The molecular formula is C19H16BrN3O3. The van der Waals surface area contributed by atoms with Gasteiger partial charge in [0, 0.05) is 16.4 Å². The summed E-state index contributed by atoms with van der Waals surface area (Å²) in [7, 11) is 0. The van der Waals surface area contributed by atoms with Crippen LogP contribution in [0.4, 0.5) is 5.69 Å². The number of hydrogen-bond donors (Lipinski definition) is 2. The predicted octanol–water partition coefficient (Wildman–Crippen LogP) is 3.99. The number of hydrogen-bond acceptors (Lipinski definition) is 3. The van der Waals surface area contributed by atoms with Crippen LogP contribution in [-0.2, 0) is 0 Å². The molecule has 0 radical (unpaired) electrons. The highest BCUT2D eigenvalue weighted by molar-refractivity contribution is 9.10. The second kappa shape index (κ2) is 7.13. The minimum absolute atomic E-state index is 0.147. The SMILES string of the molecule is Cc1cc(Br)ccc1-n1[nH]c(C)c(C=Nc2cccc(C(=O)O)c2)c1=O. The lowest BCUT2D eigenvalue weighted by Gasteiger charge is -2.06. The zero-order valence-corrected chi connectivity index (χ0v) is 15.7. The molecule has 2 N–H and O–H groups in total. The van der Waals surface area contributed by atoms with Gasteiger partial charge in [-0.25, -0.2) is 9.48 Å². The molecule has 7 heteroatoms. The van der Waals surface area contributed by atoms with E-state index in [1.54, 1.807) is 19.1 Å². The maximum absolute atomic E-state index is 12.8. The van der Waals surface area contributed by atoms with Crippen molar-refractivity contribution in [1.82, 2.24) is 9.78 Å². The van der Waals surface area contributed by atoms with Gasteiger partial charge in [-0.15, -0.1) is 0 Å². The van der Waals surface area contributed by atoms with E-state index in [-0.39, 0.29) is 11.1 Å². The van der Waals surface area contributed by atoms with Crippen LogP contribution in [0.15, 0.2) is 56.7 Å². The molecule has 132 valence electrons. The van der Waals surface area contributed by atoms with E-state index in [1.165, 1.54) is 23.0 Å². The number of carboxylic acid groups (broad SMARTS) is 1. The fourth-order valence-electron chi connectivity index (χ4n) is 2.61. The molecule has 0 saturated carbocycles. The number of benzene rings is 2. The monoisotopic (exact) mass is 413 g/mol. The number of aromatic amines is 1. The van der Waals surface area contributed by atoms with Gasteiger partial charge in [-0.1, -0.05) is 22.0 Å². The standard InChI is InChI=1S/C19H16BrN3O3/c1-11-8-14(20)6-7-17(11)23-18(24)16(12(2)22-23)10-21-15-5-3-4-13(9-15)19(25)26/h3-10,22H,1-2H3,(H,25,26). The molecule has 0 aliphatic carbocycles. The van der Waals surface area contributed by atoms with Gasteiger partial charge < -0.3 is 5.11 Å². The van der Waals surface area contributed by atoms with Crippen molar-refractivity contribution in [2.75, 3.05) is 0 Å². The Labute approximate surface area is 157 Å². The molecule has 26 heavy (non-hydrogen) atoms. The van der Waals surface area contributed by atoms with E-state index < -0.39 is 5.97 Å². The third kappa shape index (κ3) is 3.52. The van der Waals surface area contributed by atoms with Crippen LogP contribution in [0, 0.1) is 13.8 Å². The number of H-pyrrole nitrogens is 1. The van der Waals surface area contributed by atoms with E-state index in [9.17, 15) is 9.59 Å². The first-order valence-corrected chi connectivity index (χ1v) is 8.61.